The van der Waals surface area contributed by atoms with Crippen LogP contribution >= 0.6 is 11.8 Å². The summed E-state index contributed by atoms with van der Waals surface area (Å²) in [5, 5.41) is 4.15. The molecule has 0 spiro atoms. The van der Waals surface area contributed by atoms with Crippen molar-refractivity contribution in [3.8, 4) is 0 Å². The molecule has 1 aliphatic rings. The molecular formula is C14H21NOS. The average molecular weight is 251 g/mol. The summed E-state index contributed by atoms with van der Waals surface area (Å²) in [5.74, 6) is 1.15. The van der Waals surface area contributed by atoms with Gasteiger partial charge in [0, 0.05) is 29.8 Å². The van der Waals surface area contributed by atoms with Gasteiger partial charge < -0.3 is 10.1 Å². The highest BCUT2D eigenvalue weighted by Gasteiger charge is 2.23. The van der Waals surface area contributed by atoms with Gasteiger partial charge in [-0.1, -0.05) is 12.1 Å². The lowest BCUT2D eigenvalue weighted by Crippen LogP contribution is -2.16. The first-order valence-corrected chi connectivity index (χ1v) is 7.34. The van der Waals surface area contributed by atoms with Gasteiger partial charge in [0.05, 0.1) is 6.10 Å². The highest BCUT2D eigenvalue weighted by Crippen LogP contribution is 2.25. The van der Waals surface area contributed by atoms with E-state index in [2.05, 4.69) is 43.4 Å². The van der Waals surface area contributed by atoms with E-state index in [1.165, 1.54) is 17.7 Å². The summed E-state index contributed by atoms with van der Waals surface area (Å²) in [6.07, 6.45) is 1.63. The molecule has 1 fully saturated rings. The highest BCUT2D eigenvalue weighted by molar-refractivity contribution is 8.00. The SMILES string of the molecule is Cc1cccc(NCCSC2CCOC2C)c1. The maximum Gasteiger partial charge on any atom is 0.0666 e. The molecule has 1 N–H and O–H groups in total. The molecule has 3 heteroatoms. The Kier molecular flexibility index (Phi) is 4.75. The molecule has 0 radical (unpaired) electrons. The number of benzene rings is 1. The van der Waals surface area contributed by atoms with Gasteiger partial charge >= 0.3 is 0 Å². The first-order chi connectivity index (χ1) is 8.25. The lowest BCUT2D eigenvalue weighted by molar-refractivity contribution is 0.127. The average Bonchev–Trinajstić information content (AvgIpc) is 2.71. The second-order valence-corrected chi connectivity index (χ2v) is 5.92. The Hall–Kier alpha value is -0.670. The normalized spacial score (nSPS) is 23.9. The molecule has 2 rings (SSSR count). The lowest BCUT2D eigenvalue weighted by Gasteiger charge is -2.14. The minimum Gasteiger partial charge on any atom is -0.384 e. The summed E-state index contributed by atoms with van der Waals surface area (Å²) in [6, 6.07) is 8.53. The maximum atomic E-state index is 5.56. The Morgan fingerprint density at radius 2 is 2.35 bits per heavy atom. The molecule has 0 amide bonds. The predicted octanol–water partition coefficient (Wildman–Crippen LogP) is 3.32. The summed E-state index contributed by atoms with van der Waals surface area (Å²) in [5.41, 5.74) is 2.53. The molecule has 17 heavy (non-hydrogen) atoms. The van der Waals surface area contributed by atoms with Gasteiger partial charge in [-0.05, 0) is 38.0 Å². The quantitative estimate of drug-likeness (QED) is 0.811. The monoisotopic (exact) mass is 251 g/mol. The van der Waals surface area contributed by atoms with Crippen LogP contribution in [0.4, 0.5) is 5.69 Å². The van der Waals surface area contributed by atoms with Crippen LogP contribution in [-0.2, 0) is 4.74 Å². The fourth-order valence-electron chi connectivity index (χ4n) is 2.09. The Bertz CT molecular complexity index is 356. The molecule has 2 unspecified atom stereocenters. The number of nitrogens with one attached hydrogen (secondary N) is 1. The molecule has 0 saturated carbocycles. The molecule has 0 aromatic heterocycles. The van der Waals surface area contributed by atoms with E-state index in [0.29, 0.717) is 11.4 Å². The van der Waals surface area contributed by atoms with Crippen LogP contribution in [-0.4, -0.2) is 30.3 Å². The molecule has 2 atom stereocenters. The third kappa shape index (κ3) is 3.93. The molecule has 0 aliphatic carbocycles. The molecule has 1 aromatic rings. The van der Waals surface area contributed by atoms with E-state index in [0.717, 1.165) is 18.9 Å². The zero-order valence-electron chi connectivity index (χ0n) is 10.6. The van der Waals surface area contributed by atoms with Crippen LogP contribution < -0.4 is 5.32 Å². The van der Waals surface area contributed by atoms with Crippen LogP contribution in [0, 0.1) is 6.92 Å². The van der Waals surface area contributed by atoms with Crippen molar-refractivity contribution in [3.05, 3.63) is 29.8 Å². The Labute approximate surface area is 108 Å². The molecule has 1 saturated heterocycles. The molecule has 94 valence electrons. The van der Waals surface area contributed by atoms with Crippen molar-refractivity contribution in [2.75, 3.05) is 24.2 Å². The van der Waals surface area contributed by atoms with E-state index >= 15 is 0 Å². The smallest absolute Gasteiger partial charge is 0.0666 e. The van der Waals surface area contributed by atoms with Crippen LogP contribution in [0.25, 0.3) is 0 Å². The fourth-order valence-corrected chi connectivity index (χ4v) is 3.23. The molecule has 1 aliphatic heterocycles. The van der Waals surface area contributed by atoms with Crippen molar-refractivity contribution in [3.63, 3.8) is 0 Å². The summed E-state index contributed by atoms with van der Waals surface area (Å²) < 4.78 is 5.56. The zero-order valence-corrected chi connectivity index (χ0v) is 11.4. The van der Waals surface area contributed by atoms with Crippen molar-refractivity contribution in [2.24, 2.45) is 0 Å². The third-order valence-electron chi connectivity index (χ3n) is 3.09. The van der Waals surface area contributed by atoms with Gasteiger partial charge in [0.1, 0.15) is 0 Å². The molecule has 1 heterocycles. The number of ether oxygens (including phenoxy) is 1. The van der Waals surface area contributed by atoms with Gasteiger partial charge in [0.15, 0.2) is 0 Å². The first-order valence-electron chi connectivity index (χ1n) is 6.29. The Morgan fingerprint density at radius 1 is 1.47 bits per heavy atom. The van der Waals surface area contributed by atoms with Gasteiger partial charge in [-0.25, -0.2) is 0 Å². The van der Waals surface area contributed by atoms with Crippen LogP contribution in [0.1, 0.15) is 18.9 Å². The zero-order chi connectivity index (χ0) is 12.1. The molecule has 2 nitrogen and oxygen atoms in total. The number of anilines is 1. The van der Waals surface area contributed by atoms with Crippen molar-refractivity contribution in [1.82, 2.24) is 0 Å². The van der Waals surface area contributed by atoms with Crippen molar-refractivity contribution >= 4 is 17.4 Å². The first kappa shape index (κ1) is 12.8. The van der Waals surface area contributed by atoms with Crippen molar-refractivity contribution < 1.29 is 4.74 Å². The predicted molar refractivity (Wildman–Crippen MR) is 75.9 cm³/mol. The van der Waals surface area contributed by atoms with Crippen LogP contribution in [0.15, 0.2) is 24.3 Å². The number of aryl methyl sites for hydroxylation is 1. The van der Waals surface area contributed by atoms with E-state index in [4.69, 9.17) is 4.74 Å². The summed E-state index contributed by atoms with van der Waals surface area (Å²) in [6.45, 7) is 6.26. The summed E-state index contributed by atoms with van der Waals surface area (Å²) in [7, 11) is 0. The third-order valence-corrected chi connectivity index (χ3v) is 4.57. The van der Waals surface area contributed by atoms with E-state index in [-0.39, 0.29) is 0 Å². The lowest BCUT2D eigenvalue weighted by atomic mass is 10.2. The topological polar surface area (TPSA) is 21.3 Å². The van der Waals surface area contributed by atoms with Gasteiger partial charge in [-0.3, -0.25) is 0 Å². The van der Waals surface area contributed by atoms with Crippen molar-refractivity contribution in [2.45, 2.75) is 31.6 Å². The standard InChI is InChI=1S/C14H21NOS/c1-11-4-3-5-13(10-11)15-7-9-17-14-6-8-16-12(14)2/h3-5,10,12,14-15H,6-9H2,1-2H3. The summed E-state index contributed by atoms with van der Waals surface area (Å²) >= 11 is 2.03. The molecule has 0 bridgehead atoms. The van der Waals surface area contributed by atoms with Crippen molar-refractivity contribution in [1.29, 1.82) is 0 Å². The van der Waals surface area contributed by atoms with E-state index < -0.39 is 0 Å². The largest absolute Gasteiger partial charge is 0.384 e. The van der Waals surface area contributed by atoms with Crippen LogP contribution in [0.5, 0.6) is 0 Å². The second kappa shape index (κ2) is 6.31. The van der Waals surface area contributed by atoms with Gasteiger partial charge in [0.2, 0.25) is 0 Å². The van der Waals surface area contributed by atoms with Gasteiger partial charge in [-0.15, -0.1) is 0 Å². The van der Waals surface area contributed by atoms with E-state index in [9.17, 15) is 0 Å². The number of thioether (sulfide) groups is 1. The second-order valence-electron chi connectivity index (χ2n) is 4.57. The maximum absolute atomic E-state index is 5.56. The van der Waals surface area contributed by atoms with Crippen LogP contribution in [0.3, 0.4) is 0 Å². The fraction of sp³-hybridized carbons (Fsp3) is 0.571. The van der Waals surface area contributed by atoms with Crippen LogP contribution in [0.2, 0.25) is 0 Å². The van der Waals surface area contributed by atoms with Gasteiger partial charge in [0.25, 0.3) is 0 Å². The number of hydrogen-bond donors (Lipinski definition) is 1. The minimum atomic E-state index is 0.430. The van der Waals surface area contributed by atoms with E-state index in [1.54, 1.807) is 0 Å². The highest BCUT2D eigenvalue weighted by atomic mass is 32.2. The Morgan fingerprint density at radius 3 is 3.06 bits per heavy atom. The van der Waals surface area contributed by atoms with Gasteiger partial charge in [-0.2, -0.15) is 11.8 Å². The Balaban J connectivity index is 1.66. The molecule has 1 aromatic carbocycles. The number of rotatable bonds is 5. The number of hydrogen-bond acceptors (Lipinski definition) is 3. The summed E-state index contributed by atoms with van der Waals surface area (Å²) in [4.78, 5) is 0. The van der Waals surface area contributed by atoms with E-state index in [1.807, 2.05) is 11.8 Å². The minimum absolute atomic E-state index is 0.430. The molecular weight excluding hydrogens is 230 g/mol.